The van der Waals surface area contributed by atoms with E-state index in [0.29, 0.717) is 13.0 Å². The van der Waals surface area contributed by atoms with Crippen LogP contribution in [-0.4, -0.2) is 35.0 Å². The highest BCUT2D eigenvalue weighted by molar-refractivity contribution is 5.66. The minimum atomic E-state index is -0.875. The lowest BCUT2D eigenvalue weighted by Crippen LogP contribution is -2.15. The van der Waals surface area contributed by atoms with Crippen LogP contribution in [0.4, 0.5) is 0 Å². The predicted molar refractivity (Wildman–Crippen MR) is 32.6 cm³/mol. The van der Waals surface area contributed by atoms with E-state index in [1.54, 1.807) is 0 Å². The third kappa shape index (κ3) is 2.33. The van der Waals surface area contributed by atoms with Crippen LogP contribution in [0.15, 0.2) is 0 Å². The Bertz CT molecular complexity index is 130. The first-order chi connectivity index (χ1) is 4.70. The fraction of sp³-hybridized carbons (Fsp3) is 0.833. The predicted octanol–water partition coefficient (Wildman–Crippen LogP) is -0.389. The van der Waals surface area contributed by atoms with Gasteiger partial charge in [0.2, 0.25) is 0 Å². The first-order valence-corrected chi connectivity index (χ1v) is 3.21. The highest BCUT2D eigenvalue weighted by Gasteiger charge is 2.31. The van der Waals surface area contributed by atoms with E-state index in [1.807, 2.05) is 0 Å². The van der Waals surface area contributed by atoms with Crippen molar-refractivity contribution in [2.75, 3.05) is 6.61 Å². The molecule has 1 heterocycles. The van der Waals surface area contributed by atoms with Crippen molar-refractivity contribution in [2.45, 2.75) is 25.0 Å². The zero-order chi connectivity index (χ0) is 7.56. The smallest absolute Gasteiger partial charge is 0.303 e. The van der Waals surface area contributed by atoms with Crippen LogP contribution in [0.5, 0.6) is 0 Å². The molecule has 0 spiro atoms. The Morgan fingerprint density at radius 3 is 2.80 bits per heavy atom. The Kier molecular flexibility index (Phi) is 2.24. The van der Waals surface area contributed by atoms with Crippen molar-refractivity contribution in [3.05, 3.63) is 0 Å². The second-order valence-electron chi connectivity index (χ2n) is 2.37. The van der Waals surface area contributed by atoms with Crippen molar-refractivity contribution >= 4 is 5.97 Å². The molecule has 58 valence electrons. The number of epoxide rings is 1. The number of aliphatic hydroxyl groups is 1. The molecule has 0 aromatic carbocycles. The fourth-order valence-electron chi connectivity index (χ4n) is 0.735. The van der Waals surface area contributed by atoms with Gasteiger partial charge in [0.25, 0.3) is 0 Å². The molecule has 0 radical (unpaired) electrons. The van der Waals surface area contributed by atoms with Crippen LogP contribution >= 0.6 is 0 Å². The van der Waals surface area contributed by atoms with Crippen LogP contribution < -0.4 is 0 Å². The second kappa shape index (κ2) is 2.98. The van der Waals surface area contributed by atoms with Gasteiger partial charge in [0.05, 0.1) is 12.7 Å². The van der Waals surface area contributed by atoms with Gasteiger partial charge in [0.15, 0.2) is 0 Å². The third-order valence-electron chi connectivity index (χ3n) is 1.44. The van der Waals surface area contributed by atoms with Gasteiger partial charge in [0.1, 0.15) is 6.10 Å². The summed E-state index contributed by atoms with van der Waals surface area (Å²) in [6, 6.07) is 0. The quantitative estimate of drug-likeness (QED) is 0.530. The number of rotatable bonds is 4. The van der Waals surface area contributed by atoms with Crippen LogP contribution in [0.1, 0.15) is 12.8 Å². The number of aliphatic carboxylic acids is 1. The highest BCUT2D eigenvalue weighted by Crippen LogP contribution is 2.17. The summed E-state index contributed by atoms with van der Waals surface area (Å²) < 4.78 is 4.76. The van der Waals surface area contributed by atoms with Crippen LogP contribution in [0.3, 0.4) is 0 Å². The maximum atomic E-state index is 9.99. The summed E-state index contributed by atoms with van der Waals surface area (Å²) >= 11 is 0. The minimum absolute atomic E-state index is 0.0149. The fourth-order valence-corrected chi connectivity index (χ4v) is 0.735. The average Bonchev–Trinajstić information content (AvgIpc) is 2.63. The molecular weight excluding hydrogens is 136 g/mol. The highest BCUT2D eigenvalue weighted by atomic mass is 16.6. The Labute approximate surface area is 58.4 Å². The summed E-state index contributed by atoms with van der Waals surface area (Å²) in [6.07, 6.45) is -0.378. The number of hydrogen-bond acceptors (Lipinski definition) is 3. The number of ether oxygens (including phenoxy) is 1. The van der Waals surface area contributed by atoms with Gasteiger partial charge in [-0.25, -0.2) is 0 Å². The van der Waals surface area contributed by atoms with E-state index in [0.717, 1.165) is 0 Å². The van der Waals surface area contributed by atoms with Crippen LogP contribution in [0.2, 0.25) is 0 Å². The molecule has 0 saturated carbocycles. The maximum Gasteiger partial charge on any atom is 0.303 e. The molecule has 10 heavy (non-hydrogen) atoms. The topological polar surface area (TPSA) is 70.1 Å². The first kappa shape index (κ1) is 7.50. The summed E-state index contributed by atoms with van der Waals surface area (Å²) in [5.74, 6) is -0.875. The summed E-state index contributed by atoms with van der Waals surface area (Å²) in [6.45, 7) is 0.570. The zero-order valence-electron chi connectivity index (χ0n) is 5.49. The molecule has 4 heteroatoms. The molecule has 0 aromatic heterocycles. The lowest BCUT2D eigenvalue weighted by atomic mass is 10.1. The van der Waals surface area contributed by atoms with Crippen LogP contribution in [-0.2, 0) is 9.53 Å². The number of aliphatic hydroxyl groups excluding tert-OH is 1. The molecular formula is C6H10O4. The van der Waals surface area contributed by atoms with E-state index < -0.39 is 12.1 Å². The molecule has 1 aliphatic heterocycles. The van der Waals surface area contributed by atoms with E-state index in [9.17, 15) is 4.79 Å². The van der Waals surface area contributed by atoms with Gasteiger partial charge in [-0.15, -0.1) is 0 Å². The lowest BCUT2D eigenvalue weighted by molar-refractivity contribution is -0.137. The lowest BCUT2D eigenvalue weighted by Gasteiger charge is -2.02. The van der Waals surface area contributed by atoms with E-state index in [-0.39, 0.29) is 12.5 Å². The van der Waals surface area contributed by atoms with Crippen molar-refractivity contribution in [3.8, 4) is 0 Å². The maximum absolute atomic E-state index is 9.99. The van der Waals surface area contributed by atoms with Crippen LogP contribution in [0.25, 0.3) is 0 Å². The molecule has 2 atom stereocenters. The Hall–Kier alpha value is -0.610. The number of carboxylic acid groups (broad SMARTS) is 1. The van der Waals surface area contributed by atoms with Crippen molar-refractivity contribution in [3.63, 3.8) is 0 Å². The molecule has 2 N–H and O–H groups in total. The van der Waals surface area contributed by atoms with Crippen LogP contribution in [0, 0.1) is 0 Å². The number of carboxylic acids is 1. The van der Waals surface area contributed by atoms with E-state index in [1.165, 1.54) is 0 Å². The molecule has 1 rings (SSSR count). The van der Waals surface area contributed by atoms with Crippen molar-refractivity contribution in [2.24, 2.45) is 0 Å². The summed E-state index contributed by atoms with van der Waals surface area (Å²) in [4.78, 5) is 9.99. The molecule has 0 aliphatic carbocycles. The third-order valence-corrected chi connectivity index (χ3v) is 1.44. The van der Waals surface area contributed by atoms with Crippen molar-refractivity contribution in [1.29, 1.82) is 0 Å². The molecule has 1 fully saturated rings. The van der Waals surface area contributed by atoms with E-state index in [4.69, 9.17) is 14.9 Å². The second-order valence-corrected chi connectivity index (χ2v) is 2.37. The van der Waals surface area contributed by atoms with Gasteiger partial charge in [0, 0.05) is 6.42 Å². The van der Waals surface area contributed by atoms with Crippen molar-refractivity contribution in [1.82, 2.24) is 0 Å². The molecule has 1 aliphatic rings. The summed E-state index contributed by atoms with van der Waals surface area (Å²) in [7, 11) is 0. The van der Waals surface area contributed by atoms with Crippen molar-refractivity contribution < 1.29 is 19.7 Å². The van der Waals surface area contributed by atoms with Gasteiger partial charge < -0.3 is 14.9 Å². The van der Waals surface area contributed by atoms with Gasteiger partial charge in [-0.3, -0.25) is 4.79 Å². The molecule has 4 nitrogen and oxygen atoms in total. The zero-order valence-corrected chi connectivity index (χ0v) is 5.49. The molecule has 0 aromatic rings. The SMILES string of the molecule is O=C(O)CCC(O)C1CO1. The average molecular weight is 146 g/mol. The standard InChI is InChI=1S/C6H10O4/c7-4(5-3-10-5)1-2-6(8)9/h4-5,7H,1-3H2,(H,8,9). The van der Waals surface area contributed by atoms with Gasteiger partial charge >= 0.3 is 5.97 Å². The molecule has 2 unspecified atom stereocenters. The first-order valence-electron chi connectivity index (χ1n) is 3.21. The number of carbonyl (C=O) groups is 1. The van der Waals surface area contributed by atoms with Gasteiger partial charge in [-0.05, 0) is 6.42 Å². The molecule has 0 bridgehead atoms. The van der Waals surface area contributed by atoms with Gasteiger partial charge in [-0.2, -0.15) is 0 Å². The Morgan fingerprint density at radius 2 is 2.40 bits per heavy atom. The summed E-state index contributed by atoms with van der Waals surface area (Å²) in [5, 5.41) is 17.3. The number of hydrogen-bond donors (Lipinski definition) is 2. The molecule has 1 saturated heterocycles. The normalized spacial score (nSPS) is 25.9. The van der Waals surface area contributed by atoms with E-state index in [2.05, 4.69) is 0 Å². The van der Waals surface area contributed by atoms with Gasteiger partial charge in [-0.1, -0.05) is 0 Å². The monoisotopic (exact) mass is 146 g/mol. The summed E-state index contributed by atoms with van der Waals surface area (Å²) in [5.41, 5.74) is 0. The minimum Gasteiger partial charge on any atom is -0.481 e. The Morgan fingerprint density at radius 1 is 1.80 bits per heavy atom. The molecule has 0 amide bonds. The largest absolute Gasteiger partial charge is 0.481 e. The van der Waals surface area contributed by atoms with E-state index >= 15 is 0 Å². The Balaban J connectivity index is 2.05.